The van der Waals surface area contributed by atoms with Crippen LogP contribution >= 0.6 is 27.7 Å². The smallest absolute Gasteiger partial charge is 0.124 e. The summed E-state index contributed by atoms with van der Waals surface area (Å²) < 4.78 is 16.0. The van der Waals surface area contributed by atoms with Gasteiger partial charge in [-0.15, -0.1) is 11.8 Å². The van der Waals surface area contributed by atoms with Crippen molar-refractivity contribution in [2.24, 2.45) is 0 Å². The number of aryl methyl sites for hydroxylation is 2. The molecule has 0 saturated heterocycles. The molecule has 2 aromatic rings. The van der Waals surface area contributed by atoms with Gasteiger partial charge in [0.15, 0.2) is 0 Å². The van der Waals surface area contributed by atoms with Gasteiger partial charge in [-0.05, 0) is 48.0 Å². The molecule has 114 valence electrons. The van der Waals surface area contributed by atoms with Crippen LogP contribution in [0.15, 0.2) is 33.6 Å². The first-order valence-electron chi connectivity index (χ1n) is 6.79. The molecule has 0 aliphatic carbocycles. The summed E-state index contributed by atoms with van der Waals surface area (Å²) in [6.07, 6.45) is 0.0216. The molecule has 0 bridgehead atoms. The van der Waals surface area contributed by atoms with Crippen LogP contribution in [0.3, 0.4) is 0 Å². The van der Waals surface area contributed by atoms with Crippen molar-refractivity contribution >= 4 is 27.7 Å². The van der Waals surface area contributed by atoms with E-state index in [1.54, 1.807) is 6.07 Å². The Morgan fingerprint density at radius 1 is 1.48 bits per heavy atom. The molecule has 6 heteroatoms. The number of thioether (sulfide) groups is 1. The summed E-state index contributed by atoms with van der Waals surface area (Å²) in [6, 6.07) is 6.42. The maximum atomic E-state index is 13.1. The molecule has 0 saturated carbocycles. The van der Waals surface area contributed by atoms with Crippen LogP contribution in [-0.2, 0) is 13.0 Å². The fourth-order valence-corrected chi connectivity index (χ4v) is 3.41. The lowest BCUT2D eigenvalue weighted by Gasteiger charge is -2.12. The van der Waals surface area contributed by atoms with E-state index in [0.717, 1.165) is 27.3 Å². The molecule has 1 heterocycles. The Morgan fingerprint density at radius 2 is 2.24 bits per heavy atom. The molecule has 1 N–H and O–H groups in total. The summed E-state index contributed by atoms with van der Waals surface area (Å²) >= 11 is 4.98. The van der Waals surface area contributed by atoms with Crippen molar-refractivity contribution in [1.82, 2.24) is 9.78 Å². The predicted octanol–water partition coefficient (Wildman–Crippen LogP) is 3.81. The van der Waals surface area contributed by atoms with Crippen molar-refractivity contribution in [3.63, 3.8) is 0 Å². The SMILES string of the molecule is CCn1nc(C)c(Br)c1CC(O)CSc1cccc(F)c1. The standard InChI is InChI=1S/C15H18BrFN2OS/c1-3-19-14(15(16)10(2)18-19)8-12(20)9-21-13-6-4-5-11(17)7-13/h4-7,12,20H,3,8-9H2,1-2H3. The van der Waals surface area contributed by atoms with Crippen molar-refractivity contribution in [3.05, 3.63) is 45.9 Å². The first-order valence-corrected chi connectivity index (χ1v) is 8.57. The van der Waals surface area contributed by atoms with Crippen LogP contribution in [0.4, 0.5) is 4.39 Å². The molecule has 0 fully saturated rings. The summed E-state index contributed by atoms with van der Waals surface area (Å²) in [5.74, 6) is 0.265. The average Bonchev–Trinajstić information content (AvgIpc) is 2.73. The maximum absolute atomic E-state index is 13.1. The van der Waals surface area contributed by atoms with E-state index in [1.807, 2.05) is 24.6 Å². The molecular weight excluding hydrogens is 355 g/mol. The number of aliphatic hydroxyl groups excluding tert-OH is 1. The van der Waals surface area contributed by atoms with E-state index in [0.29, 0.717) is 12.2 Å². The molecule has 1 unspecified atom stereocenters. The molecule has 1 aromatic carbocycles. The highest BCUT2D eigenvalue weighted by molar-refractivity contribution is 9.10. The molecule has 0 spiro atoms. The Balaban J connectivity index is 1.97. The Hall–Kier alpha value is -0.850. The highest BCUT2D eigenvalue weighted by atomic mass is 79.9. The first-order chi connectivity index (χ1) is 10.0. The molecule has 1 atom stereocenters. The summed E-state index contributed by atoms with van der Waals surface area (Å²) in [5.41, 5.74) is 1.93. The lowest BCUT2D eigenvalue weighted by Crippen LogP contribution is -2.17. The Bertz CT molecular complexity index is 618. The van der Waals surface area contributed by atoms with Crippen molar-refractivity contribution in [2.75, 3.05) is 5.75 Å². The number of benzene rings is 1. The van der Waals surface area contributed by atoms with E-state index in [4.69, 9.17) is 0 Å². The Kier molecular flexibility index (Phi) is 5.84. The molecular formula is C15H18BrFN2OS. The molecule has 0 aliphatic rings. The number of halogens is 2. The van der Waals surface area contributed by atoms with Gasteiger partial charge >= 0.3 is 0 Å². The molecule has 0 radical (unpaired) electrons. The van der Waals surface area contributed by atoms with Crippen LogP contribution in [0, 0.1) is 12.7 Å². The number of rotatable bonds is 6. The van der Waals surface area contributed by atoms with Crippen molar-refractivity contribution in [2.45, 2.75) is 37.8 Å². The number of hydrogen-bond acceptors (Lipinski definition) is 3. The van der Waals surface area contributed by atoms with E-state index < -0.39 is 6.10 Å². The zero-order chi connectivity index (χ0) is 15.4. The molecule has 1 aromatic heterocycles. The van der Waals surface area contributed by atoms with Gasteiger partial charge in [0, 0.05) is 23.6 Å². The Labute approximate surface area is 136 Å². The summed E-state index contributed by atoms with van der Waals surface area (Å²) in [6.45, 7) is 4.73. The average molecular weight is 373 g/mol. The normalized spacial score (nSPS) is 12.6. The van der Waals surface area contributed by atoms with Crippen molar-refractivity contribution in [3.8, 4) is 0 Å². The van der Waals surface area contributed by atoms with Crippen LogP contribution in [0.2, 0.25) is 0 Å². The van der Waals surface area contributed by atoms with Gasteiger partial charge in [-0.3, -0.25) is 4.68 Å². The second-order valence-electron chi connectivity index (χ2n) is 4.79. The third-order valence-corrected chi connectivity index (χ3v) is 5.29. The van der Waals surface area contributed by atoms with Crippen LogP contribution in [0.5, 0.6) is 0 Å². The van der Waals surface area contributed by atoms with Gasteiger partial charge in [-0.1, -0.05) is 6.07 Å². The molecule has 21 heavy (non-hydrogen) atoms. The third kappa shape index (κ3) is 4.31. The van der Waals surface area contributed by atoms with Crippen molar-refractivity contribution < 1.29 is 9.50 Å². The number of nitrogens with zero attached hydrogens (tertiary/aromatic N) is 2. The highest BCUT2D eigenvalue weighted by Gasteiger charge is 2.16. The lowest BCUT2D eigenvalue weighted by atomic mass is 10.2. The molecule has 0 amide bonds. The van der Waals surface area contributed by atoms with E-state index in [-0.39, 0.29) is 5.82 Å². The minimum Gasteiger partial charge on any atom is -0.392 e. The second-order valence-corrected chi connectivity index (χ2v) is 6.67. The van der Waals surface area contributed by atoms with Gasteiger partial charge < -0.3 is 5.11 Å². The first kappa shape index (κ1) is 16.5. The van der Waals surface area contributed by atoms with Gasteiger partial charge in [0.2, 0.25) is 0 Å². The van der Waals surface area contributed by atoms with Gasteiger partial charge in [-0.2, -0.15) is 5.10 Å². The highest BCUT2D eigenvalue weighted by Crippen LogP contribution is 2.25. The van der Waals surface area contributed by atoms with Crippen LogP contribution in [0.1, 0.15) is 18.3 Å². The van der Waals surface area contributed by atoms with Crippen LogP contribution < -0.4 is 0 Å². The number of hydrogen-bond donors (Lipinski definition) is 1. The summed E-state index contributed by atoms with van der Waals surface area (Å²) in [5, 5.41) is 14.6. The summed E-state index contributed by atoms with van der Waals surface area (Å²) in [4.78, 5) is 0.827. The van der Waals surface area contributed by atoms with Gasteiger partial charge in [0.05, 0.1) is 22.0 Å². The second kappa shape index (κ2) is 7.42. The van der Waals surface area contributed by atoms with E-state index in [9.17, 15) is 9.50 Å². The van der Waals surface area contributed by atoms with E-state index in [1.165, 1.54) is 23.9 Å². The predicted molar refractivity (Wildman–Crippen MR) is 87.2 cm³/mol. The van der Waals surface area contributed by atoms with Gasteiger partial charge in [0.25, 0.3) is 0 Å². The van der Waals surface area contributed by atoms with E-state index >= 15 is 0 Å². The monoisotopic (exact) mass is 372 g/mol. The fraction of sp³-hybridized carbons (Fsp3) is 0.400. The minimum absolute atomic E-state index is 0.253. The Morgan fingerprint density at radius 3 is 2.90 bits per heavy atom. The zero-order valence-electron chi connectivity index (χ0n) is 12.0. The largest absolute Gasteiger partial charge is 0.392 e. The van der Waals surface area contributed by atoms with Crippen LogP contribution in [0.25, 0.3) is 0 Å². The number of aromatic nitrogens is 2. The van der Waals surface area contributed by atoms with E-state index in [2.05, 4.69) is 21.0 Å². The third-order valence-electron chi connectivity index (χ3n) is 3.12. The zero-order valence-corrected chi connectivity index (χ0v) is 14.4. The summed E-state index contributed by atoms with van der Waals surface area (Å²) in [7, 11) is 0. The van der Waals surface area contributed by atoms with Gasteiger partial charge in [-0.25, -0.2) is 4.39 Å². The molecule has 2 rings (SSSR count). The lowest BCUT2D eigenvalue weighted by molar-refractivity contribution is 0.196. The topological polar surface area (TPSA) is 38.0 Å². The van der Waals surface area contributed by atoms with Gasteiger partial charge in [0.1, 0.15) is 5.82 Å². The maximum Gasteiger partial charge on any atom is 0.124 e. The van der Waals surface area contributed by atoms with Crippen molar-refractivity contribution in [1.29, 1.82) is 0 Å². The molecule has 3 nitrogen and oxygen atoms in total. The fourth-order valence-electron chi connectivity index (χ4n) is 2.10. The van der Waals surface area contributed by atoms with Crippen LogP contribution in [-0.4, -0.2) is 26.7 Å². The molecule has 0 aliphatic heterocycles. The number of aliphatic hydroxyl groups is 1. The minimum atomic E-state index is -0.504. The quantitative estimate of drug-likeness (QED) is 0.783.